The summed E-state index contributed by atoms with van der Waals surface area (Å²) in [5, 5.41) is 17.7. The largest absolute Gasteiger partial charge is 0.390 e. The molecule has 0 radical (unpaired) electrons. The third kappa shape index (κ3) is 2.67. The second kappa shape index (κ2) is 4.65. The number of halogens is 1. The van der Waals surface area contributed by atoms with Gasteiger partial charge in [-0.3, -0.25) is 0 Å². The Labute approximate surface area is 116 Å². The standard InChI is InChI=1S/C13H17ClN4O/c1-13(19)6-4-9(5-7-13)15-11-10-3-2-8-18(10)17-12(14)16-11/h2-3,8-9,19H,4-7H2,1H3,(H,15,16,17). The van der Waals surface area contributed by atoms with Crippen molar-refractivity contribution in [3.8, 4) is 0 Å². The van der Waals surface area contributed by atoms with Crippen LogP contribution in [-0.2, 0) is 0 Å². The van der Waals surface area contributed by atoms with Crippen molar-refractivity contribution in [3.63, 3.8) is 0 Å². The predicted octanol–water partition coefficient (Wildman–Crippen LogP) is 2.49. The first-order chi connectivity index (χ1) is 9.03. The molecule has 0 saturated heterocycles. The summed E-state index contributed by atoms with van der Waals surface area (Å²) >= 11 is 5.92. The van der Waals surface area contributed by atoms with Crippen molar-refractivity contribution in [1.29, 1.82) is 0 Å². The van der Waals surface area contributed by atoms with Gasteiger partial charge in [-0.1, -0.05) is 0 Å². The van der Waals surface area contributed by atoms with Crippen LogP contribution in [0.1, 0.15) is 32.6 Å². The fourth-order valence-electron chi connectivity index (χ4n) is 2.59. The number of nitrogens with one attached hydrogen (secondary N) is 1. The van der Waals surface area contributed by atoms with Crippen molar-refractivity contribution in [2.75, 3.05) is 5.32 Å². The second-order valence-corrected chi connectivity index (χ2v) is 5.82. The number of aliphatic hydroxyl groups is 1. The first-order valence-electron chi connectivity index (χ1n) is 6.53. The van der Waals surface area contributed by atoms with Crippen molar-refractivity contribution in [2.45, 2.75) is 44.2 Å². The Morgan fingerprint density at radius 2 is 2.21 bits per heavy atom. The Hall–Kier alpha value is -1.33. The zero-order valence-electron chi connectivity index (χ0n) is 10.8. The van der Waals surface area contributed by atoms with Gasteiger partial charge >= 0.3 is 0 Å². The van der Waals surface area contributed by atoms with Gasteiger partial charge in [0, 0.05) is 12.2 Å². The van der Waals surface area contributed by atoms with E-state index < -0.39 is 5.60 Å². The lowest BCUT2D eigenvalue weighted by molar-refractivity contribution is 0.0196. The number of rotatable bonds is 2. The molecule has 0 amide bonds. The van der Waals surface area contributed by atoms with Gasteiger partial charge in [-0.25, -0.2) is 4.52 Å². The van der Waals surface area contributed by atoms with Crippen LogP contribution >= 0.6 is 11.6 Å². The summed E-state index contributed by atoms with van der Waals surface area (Å²) in [5.74, 6) is 0.761. The fraction of sp³-hybridized carbons (Fsp3) is 0.538. The highest BCUT2D eigenvalue weighted by Crippen LogP contribution is 2.30. The number of aromatic nitrogens is 3. The van der Waals surface area contributed by atoms with Crippen LogP contribution in [0, 0.1) is 0 Å². The third-order valence-electron chi connectivity index (χ3n) is 3.77. The smallest absolute Gasteiger partial charge is 0.243 e. The number of fused-ring (bicyclic) bond motifs is 1. The molecule has 19 heavy (non-hydrogen) atoms. The highest BCUT2D eigenvalue weighted by atomic mass is 35.5. The molecule has 0 aromatic carbocycles. The lowest BCUT2D eigenvalue weighted by atomic mass is 9.84. The minimum atomic E-state index is -0.522. The van der Waals surface area contributed by atoms with Crippen LogP contribution in [0.25, 0.3) is 5.52 Å². The van der Waals surface area contributed by atoms with Gasteiger partial charge in [0.25, 0.3) is 0 Å². The molecule has 1 fully saturated rings. The molecule has 0 aliphatic heterocycles. The molecule has 6 heteroatoms. The normalized spacial score (nSPS) is 27.6. The molecule has 102 valence electrons. The molecular formula is C13H17ClN4O. The maximum Gasteiger partial charge on any atom is 0.243 e. The van der Waals surface area contributed by atoms with E-state index in [0.717, 1.165) is 37.0 Å². The van der Waals surface area contributed by atoms with Gasteiger partial charge < -0.3 is 10.4 Å². The number of nitrogens with zero attached hydrogens (tertiary/aromatic N) is 3. The fourth-order valence-corrected chi connectivity index (χ4v) is 2.76. The molecule has 0 unspecified atom stereocenters. The van der Waals surface area contributed by atoms with Crippen LogP contribution < -0.4 is 5.32 Å². The van der Waals surface area contributed by atoms with Crippen LogP contribution in [0.5, 0.6) is 0 Å². The van der Waals surface area contributed by atoms with Crippen molar-refractivity contribution in [3.05, 3.63) is 23.6 Å². The van der Waals surface area contributed by atoms with Gasteiger partial charge in [0.15, 0.2) is 5.82 Å². The predicted molar refractivity (Wildman–Crippen MR) is 74.5 cm³/mol. The van der Waals surface area contributed by atoms with Crippen molar-refractivity contribution < 1.29 is 5.11 Å². The minimum Gasteiger partial charge on any atom is -0.390 e. The molecule has 2 heterocycles. The summed E-state index contributed by atoms with van der Waals surface area (Å²) in [4.78, 5) is 4.26. The van der Waals surface area contributed by atoms with Crippen molar-refractivity contribution in [1.82, 2.24) is 14.6 Å². The summed E-state index contributed by atoms with van der Waals surface area (Å²) in [6.45, 7) is 1.90. The molecule has 0 bridgehead atoms. The summed E-state index contributed by atoms with van der Waals surface area (Å²) in [5.41, 5.74) is 0.396. The van der Waals surface area contributed by atoms with Crippen molar-refractivity contribution >= 4 is 22.9 Å². The quantitative estimate of drug-likeness (QED) is 0.887. The maximum absolute atomic E-state index is 9.96. The lowest BCUT2D eigenvalue weighted by Gasteiger charge is -2.33. The molecule has 2 N–H and O–H groups in total. The van der Waals surface area contributed by atoms with E-state index in [1.165, 1.54) is 0 Å². The maximum atomic E-state index is 9.96. The molecule has 2 aromatic rings. The molecule has 2 aromatic heterocycles. The van der Waals surface area contributed by atoms with Crippen molar-refractivity contribution in [2.24, 2.45) is 0 Å². The van der Waals surface area contributed by atoms with Gasteiger partial charge in [0.05, 0.1) is 5.60 Å². The van der Waals surface area contributed by atoms with Crippen LogP contribution in [0.15, 0.2) is 18.3 Å². The van der Waals surface area contributed by atoms with Crippen LogP contribution in [0.4, 0.5) is 5.82 Å². The summed E-state index contributed by atoms with van der Waals surface area (Å²) < 4.78 is 1.72. The van der Waals surface area contributed by atoms with Crippen LogP contribution in [0.2, 0.25) is 5.28 Å². The van der Waals surface area contributed by atoms with E-state index in [-0.39, 0.29) is 5.28 Å². The summed E-state index contributed by atoms with van der Waals surface area (Å²) in [6.07, 6.45) is 5.32. The molecule has 0 spiro atoms. The SMILES string of the molecule is CC1(O)CCC(Nc2nc(Cl)nn3cccc23)CC1. The lowest BCUT2D eigenvalue weighted by Crippen LogP contribution is -2.36. The monoisotopic (exact) mass is 280 g/mol. The van der Waals surface area contributed by atoms with E-state index in [2.05, 4.69) is 15.4 Å². The Bertz CT molecular complexity index is 585. The zero-order chi connectivity index (χ0) is 13.5. The van der Waals surface area contributed by atoms with E-state index in [1.54, 1.807) is 4.52 Å². The van der Waals surface area contributed by atoms with Crippen LogP contribution in [-0.4, -0.2) is 31.3 Å². The summed E-state index contributed by atoms with van der Waals surface area (Å²) in [7, 11) is 0. The number of hydrogen-bond donors (Lipinski definition) is 2. The third-order valence-corrected chi connectivity index (χ3v) is 3.93. The minimum absolute atomic E-state index is 0.231. The molecule has 1 aliphatic rings. The van der Waals surface area contributed by atoms with Gasteiger partial charge in [-0.15, -0.1) is 5.10 Å². The number of hydrogen-bond acceptors (Lipinski definition) is 4. The highest BCUT2D eigenvalue weighted by molar-refractivity contribution is 6.28. The highest BCUT2D eigenvalue weighted by Gasteiger charge is 2.29. The molecule has 1 aliphatic carbocycles. The molecule has 3 rings (SSSR count). The van der Waals surface area contributed by atoms with E-state index in [0.29, 0.717) is 6.04 Å². The van der Waals surface area contributed by atoms with E-state index in [1.807, 2.05) is 25.3 Å². The Morgan fingerprint density at radius 1 is 1.47 bits per heavy atom. The Kier molecular flexibility index (Phi) is 3.11. The Morgan fingerprint density at radius 3 is 2.95 bits per heavy atom. The van der Waals surface area contributed by atoms with E-state index >= 15 is 0 Å². The molecule has 0 atom stereocenters. The van der Waals surface area contributed by atoms with Gasteiger partial charge in [0.2, 0.25) is 5.28 Å². The summed E-state index contributed by atoms with van der Waals surface area (Å²) in [6, 6.07) is 4.19. The Balaban J connectivity index is 1.80. The zero-order valence-corrected chi connectivity index (χ0v) is 11.6. The first kappa shape index (κ1) is 12.7. The van der Waals surface area contributed by atoms with Gasteiger partial charge in [-0.05, 0) is 56.3 Å². The second-order valence-electron chi connectivity index (χ2n) is 5.48. The molecule has 1 saturated carbocycles. The van der Waals surface area contributed by atoms with Gasteiger partial charge in [0.1, 0.15) is 5.52 Å². The van der Waals surface area contributed by atoms with E-state index in [9.17, 15) is 5.11 Å². The first-order valence-corrected chi connectivity index (χ1v) is 6.91. The number of anilines is 1. The average molecular weight is 281 g/mol. The van der Waals surface area contributed by atoms with Gasteiger partial charge in [-0.2, -0.15) is 4.98 Å². The molecule has 5 nitrogen and oxygen atoms in total. The van der Waals surface area contributed by atoms with Crippen LogP contribution in [0.3, 0.4) is 0 Å². The average Bonchev–Trinajstić information content (AvgIpc) is 2.80. The molecular weight excluding hydrogens is 264 g/mol. The topological polar surface area (TPSA) is 62.5 Å². The van der Waals surface area contributed by atoms with E-state index in [4.69, 9.17) is 11.6 Å².